The summed E-state index contributed by atoms with van der Waals surface area (Å²) in [6.45, 7) is 3.57. The molecule has 1 aliphatic heterocycles. The number of ether oxygens (including phenoxy) is 1. The number of carbonyl (C=O) groups is 2. The van der Waals surface area contributed by atoms with Gasteiger partial charge >= 0.3 is 5.97 Å². The molecule has 0 unspecified atom stereocenters. The number of benzene rings is 1. The molecular formula is C15H20N2O3. The fourth-order valence-corrected chi connectivity index (χ4v) is 2.36. The zero-order valence-electron chi connectivity index (χ0n) is 11.9. The summed E-state index contributed by atoms with van der Waals surface area (Å²) >= 11 is 0. The largest absolute Gasteiger partial charge is 0.465 e. The molecule has 1 amide bonds. The fourth-order valence-electron chi connectivity index (χ4n) is 2.36. The molecule has 2 N–H and O–H groups in total. The molecular weight excluding hydrogens is 256 g/mol. The Hall–Kier alpha value is -1.88. The van der Waals surface area contributed by atoms with Crippen molar-refractivity contribution in [2.75, 3.05) is 25.5 Å². The number of piperidine rings is 1. The third-order valence-electron chi connectivity index (χ3n) is 3.57. The van der Waals surface area contributed by atoms with Gasteiger partial charge in [-0.3, -0.25) is 4.79 Å². The van der Waals surface area contributed by atoms with Crippen LogP contribution in [0.2, 0.25) is 0 Å². The van der Waals surface area contributed by atoms with Crippen LogP contribution in [0.15, 0.2) is 18.2 Å². The molecule has 0 saturated carbocycles. The lowest BCUT2D eigenvalue weighted by molar-refractivity contribution is -0.120. The quantitative estimate of drug-likeness (QED) is 0.825. The molecule has 1 heterocycles. The molecule has 0 spiro atoms. The standard InChI is InChI=1S/C15H20N2O3/c1-10-8-11(15(19)20-2)5-6-13(10)17-14(18)12-4-3-7-16-9-12/h5-6,8,12,16H,3-4,7,9H2,1-2H3,(H,17,18)/t12-/m1/s1. The molecule has 0 radical (unpaired) electrons. The Morgan fingerprint density at radius 2 is 2.20 bits per heavy atom. The van der Waals surface area contributed by atoms with E-state index >= 15 is 0 Å². The number of carbonyl (C=O) groups excluding carboxylic acids is 2. The predicted octanol–water partition coefficient (Wildman–Crippen LogP) is 1.72. The molecule has 0 bridgehead atoms. The van der Waals surface area contributed by atoms with Gasteiger partial charge in [0.1, 0.15) is 0 Å². The van der Waals surface area contributed by atoms with Crippen LogP contribution in [0.3, 0.4) is 0 Å². The van der Waals surface area contributed by atoms with E-state index in [4.69, 9.17) is 0 Å². The average molecular weight is 276 g/mol. The van der Waals surface area contributed by atoms with E-state index in [0.717, 1.165) is 37.2 Å². The van der Waals surface area contributed by atoms with E-state index in [0.29, 0.717) is 5.56 Å². The topological polar surface area (TPSA) is 67.4 Å². The Morgan fingerprint density at radius 3 is 2.80 bits per heavy atom. The highest BCUT2D eigenvalue weighted by molar-refractivity contribution is 5.95. The minimum absolute atomic E-state index is 0.0171. The molecule has 1 saturated heterocycles. The number of aryl methyl sites for hydroxylation is 1. The molecule has 108 valence electrons. The first-order chi connectivity index (χ1) is 9.61. The summed E-state index contributed by atoms with van der Waals surface area (Å²) in [6, 6.07) is 5.13. The number of hydrogen-bond donors (Lipinski definition) is 2. The maximum atomic E-state index is 12.2. The van der Waals surface area contributed by atoms with Crippen LogP contribution in [0.4, 0.5) is 5.69 Å². The van der Waals surface area contributed by atoms with Gasteiger partial charge in [-0.2, -0.15) is 0 Å². The van der Waals surface area contributed by atoms with Crippen molar-refractivity contribution in [3.05, 3.63) is 29.3 Å². The van der Waals surface area contributed by atoms with Crippen molar-refractivity contribution in [2.45, 2.75) is 19.8 Å². The third kappa shape index (κ3) is 3.36. The lowest BCUT2D eigenvalue weighted by atomic mass is 9.98. The Balaban J connectivity index is 2.05. The number of anilines is 1. The van der Waals surface area contributed by atoms with Crippen molar-refractivity contribution < 1.29 is 14.3 Å². The number of esters is 1. The van der Waals surface area contributed by atoms with Gasteiger partial charge in [0.2, 0.25) is 5.91 Å². The maximum Gasteiger partial charge on any atom is 0.337 e. The van der Waals surface area contributed by atoms with Crippen LogP contribution in [0, 0.1) is 12.8 Å². The average Bonchev–Trinajstić information content (AvgIpc) is 2.49. The van der Waals surface area contributed by atoms with Crippen molar-refractivity contribution in [1.82, 2.24) is 5.32 Å². The first-order valence-corrected chi connectivity index (χ1v) is 6.82. The molecule has 1 fully saturated rings. The lowest BCUT2D eigenvalue weighted by Crippen LogP contribution is -2.37. The van der Waals surface area contributed by atoms with Crippen molar-refractivity contribution in [2.24, 2.45) is 5.92 Å². The van der Waals surface area contributed by atoms with Gasteiger partial charge < -0.3 is 15.4 Å². The summed E-state index contributed by atoms with van der Waals surface area (Å²) in [7, 11) is 1.35. The molecule has 1 aliphatic rings. The predicted molar refractivity (Wildman–Crippen MR) is 76.7 cm³/mol. The van der Waals surface area contributed by atoms with Gasteiger partial charge in [0.15, 0.2) is 0 Å². The second-order valence-electron chi connectivity index (χ2n) is 5.05. The van der Waals surface area contributed by atoms with Crippen molar-refractivity contribution in [1.29, 1.82) is 0 Å². The first kappa shape index (κ1) is 14.5. The highest BCUT2D eigenvalue weighted by Crippen LogP contribution is 2.19. The minimum Gasteiger partial charge on any atom is -0.465 e. The Labute approximate surface area is 118 Å². The number of amides is 1. The van der Waals surface area contributed by atoms with Crippen LogP contribution in [-0.4, -0.2) is 32.1 Å². The van der Waals surface area contributed by atoms with Gasteiger partial charge in [-0.05, 0) is 50.1 Å². The van der Waals surface area contributed by atoms with Crippen molar-refractivity contribution in [3.8, 4) is 0 Å². The molecule has 1 aromatic carbocycles. The van der Waals surface area contributed by atoms with Crippen LogP contribution in [0.5, 0.6) is 0 Å². The van der Waals surface area contributed by atoms with E-state index in [9.17, 15) is 9.59 Å². The zero-order valence-corrected chi connectivity index (χ0v) is 11.9. The highest BCUT2D eigenvalue weighted by atomic mass is 16.5. The number of nitrogens with one attached hydrogen (secondary N) is 2. The van der Waals surface area contributed by atoms with Gasteiger partial charge in [-0.15, -0.1) is 0 Å². The Kier molecular flexibility index (Phi) is 4.74. The highest BCUT2D eigenvalue weighted by Gasteiger charge is 2.21. The van der Waals surface area contributed by atoms with Crippen LogP contribution in [0.1, 0.15) is 28.8 Å². The third-order valence-corrected chi connectivity index (χ3v) is 3.57. The van der Waals surface area contributed by atoms with E-state index < -0.39 is 0 Å². The van der Waals surface area contributed by atoms with Gasteiger partial charge in [-0.1, -0.05) is 0 Å². The monoisotopic (exact) mass is 276 g/mol. The van der Waals surface area contributed by atoms with Gasteiger partial charge in [0.05, 0.1) is 18.6 Å². The van der Waals surface area contributed by atoms with Crippen LogP contribution >= 0.6 is 0 Å². The van der Waals surface area contributed by atoms with Crippen LogP contribution < -0.4 is 10.6 Å². The van der Waals surface area contributed by atoms with E-state index in [2.05, 4.69) is 15.4 Å². The Morgan fingerprint density at radius 1 is 1.40 bits per heavy atom. The molecule has 1 aromatic rings. The molecule has 20 heavy (non-hydrogen) atoms. The number of hydrogen-bond acceptors (Lipinski definition) is 4. The van der Waals surface area contributed by atoms with E-state index in [1.165, 1.54) is 7.11 Å². The summed E-state index contributed by atoms with van der Waals surface area (Å²) in [5.41, 5.74) is 2.08. The van der Waals surface area contributed by atoms with Crippen molar-refractivity contribution in [3.63, 3.8) is 0 Å². The van der Waals surface area contributed by atoms with E-state index in [1.807, 2.05) is 6.92 Å². The first-order valence-electron chi connectivity index (χ1n) is 6.82. The second-order valence-corrected chi connectivity index (χ2v) is 5.05. The Bertz CT molecular complexity index is 508. The van der Waals surface area contributed by atoms with Gasteiger partial charge in [0.25, 0.3) is 0 Å². The maximum absolute atomic E-state index is 12.2. The second kappa shape index (κ2) is 6.52. The van der Waals surface area contributed by atoms with E-state index in [1.54, 1.807) is 18.2 Å². The lowest BCUT2D eigenvalue weighted by Gasteiger charge is -2.22. The number of methoxy groups -OCH3 is 1. The number of rotatable bonds is 3. The summed E-state index contributed by atoms with van der Waals surface area (Å²) in [5.74, 6) is -0.322. The van der Waals surface area contributed by atoms with Crippen LogP contribution in [0.25, 0.3) is 0 Å². The van der Waals surface area contributed by atoms with Crippen LogP contribution in [-0.2, 0) is 9.53 Å². The summed E-state index contributed by atoms with van der Waals surface area (Å²) in [5, 5.41) is 6.16. The fraction of sp³-hybridized carbons (Fsp3) is 0.467. The minimum atomic E-state index is -0.373. The zero-order chi connectivity index (χ0) is 14.5. The van der Waals surface area contributed by atoms with Gasteiger partial charge in [-0.25, -0.2) is 4.79 Å². The normalized spacial score (nSPS) is 18.4. The summed E-state index contributed by atoms with van der Waals surface area (Å²) < 4.78 is 4.67. The SMILES string of the molecule is COC(=O)c1ccc(NC(=O)[C@@H]2CCCNC2)c(C)c1. The van der Waals surface area contributed by atoms with Crippen molar-refractivity contribution >= 4 is 17.6 Å². The van der Waals surface area contributed by atoms with Gasteiger partial charge in [0, 0.05) is 12.2 Å². The summed E-state index contributed by atoms with van der Waals surface area (Å²) in [6.07, 6.45) is 1.94. The molecule has 5 heteroatoms. The molecule has 1 atom stereocenters. The molecule has 5 nitrogen and oxygen atoms in total. The molecule has 2 rings (SSSR count). The smallest absolute Gasteiger partial charge is 0.337 e. The molecule has 0 aliphatic carbocycles. The molecule has 0 aromatic heterocycles. The van der Waals surface area contributed by atoms with E-state index in [-0.39, 0.29) is 17.8 Å². The summed E-state index contributed by atoms with van der Waals surface area (Å²) in [4.78, 5) is 23.6.